The number of hydrogen-bond acceptors (Lipinski definition) is 5. The number of hydrogen-bond donors (Lipinski definition) is 2. The van der Waals surface area contributed by atoms with Gasteiger partial charge >= 0.3 is 0 Å². The van der Waals surface area contributed by atoms with Crippen molar-refractivity contribution in [3.63, 3.8) is 0 Å². The SMILES string of the molecule is O=c1ccnc(SCc2cc(C#CCCO)cs2)[nH]1. The van der Waals surface area contributed by atoms with Crippen molar-refractivity contribution in [2.75, 3.05) is 6.61 Å². The zero-order valence-corrected chi connectivity index (χ0v) is 11.7. The van der Waals surface area contributed by atoms with Crippen LogP contribution in [0.5, 0.6) is 0 Å². The Bertz CT molecular complexity index is 652. The third-order valence-corrected chi connectivity index (χ3v) is 4.18. The molecule has 0 saturated carbocycles. The van der Waals surface area contributed by atoms with Gasteiger partial charge < -0.3 is 10.1 Å². The van der Waals surface area contributed by atoms with E-state index in [2.05, 4.69) is 21.8 Å². The molecule has 2 N–H and O–H groups in total. The summed E-state index contributed by atoms with van der Waals surface area (Å²) >= 11 is 3.11. The summed E-state index contributed by atoms with van der Waals surface area (Å²) in [6.07, 6.45) is 2.00. The molecule has 0 atom stereocenters. The summed E-state index contributed by atoms with van der Waals surface area (Å²) in [5, 5.41) is 11.2. The Kier molecular flexibility index (Phi) is 5.21. The molecule has 2 aromatic rings. The van der Waals surface area contributed by atoms with Gasteiger partial charge in [-0.3, -0.25) is 4.79 Å². The van der Waals surface area contributed by atoms with Crippen molar-refractivity contribution in [2.24, 2.45) is 0 Å². The van der Waals surface area contributed by atoms with E-state index in [1.807, 2.05) is 11.4 Å². The smallest absolute Gasteiger partial charge is 0.251 e. The summed E-state index contributed by atoms with van der Waals surface area (Å²) in [6.45, 7) is 0.0902. The van der Waals surface area contributed by atoms with Crippen LogP contribution in [0.25, 0.3) is 0 Å². The van der Waals surface area contributed by atoms with Crippen LogP contribution in [-0.2, 0) is 5.75 Å². The normalized spacial score (nSPS) is 9.95. The lowest BCUT2D eigenvalue weighted by molar-refractivity contribution is 0.305. The van der Waals surface area contributed by atoms with Crippen molar-refractivity contribution in [1.82, 2.24) is 9.97 Å². The number of H-pyrrole nitrogens is 1. The molecule has 0 aliphatic carbocycles. The van der Waals surface area contributed by atoms with Gasteiger partial charge in [-0.05, 0) is 6.07 Å². The van der Waals surface area contributed by atoms with E-state index in [-0.39, 0.29) is 12.2 Å². The summed E-state index contributed by atoms with van der Waals surface area (Å²) in [7, 11) is 0. The Labute approximate surface area is 118 Å². The molecule has 0 aliphatic rings. The molecule has 0 saturated heterocycles. The minimum atomic E-state index is -0.140. The molecule has 2 aromatic heterocycles. The van der Waals surface area contributed by atoms with Gasteiger partial charge in [-0.15, -0.1) is 11.3 Å². The van der Waals surface area contributed by atoms with Crippen molar-refractivity contribution in [3.05, 3.63) is 44.5 Å². The van der Waals surface area contributed by atoms with Crippen LogP contribution in [0.1, 0.15) is 16.9 Å². The summed E-state index contributed by atoms with van der Waals surface area (Å²) in [5.41, 5.74) is 0.822. The molecule has 2 rings (SSSR count). The highest BCUT2D eigenvalue weighted by atomic mass is 32.2. The average molecular weight is 292 g/mol. The number of rotatable bonds is 4. The van der Waals surface area contributed by atoms with Gasteiger partial charge in [-0.1, -0.05) is 23.6 Å². The predicted octanol–water partition coefficient (Wildman–Crippen LogP) is 1.86. The number of aliphatic hydroxyl groups excluding tert-OH is 1. The molecule has 0 bridgehead atoms. The zero-order chi connectivity index (χ0) is 13.5. The first-order valence-corrected chi connectivity index (χ1v) is 7.50. The number of nitrogens with zero attached hydrogens (tertiary/aromatic N) is 1. The van der Waals surface area contributed by atoms with E-state index >= 15 is 0 Å². The van der Waals surface area contributed by atoms with Crippen LogP contribution in [0, 0.1) is 11.8 Å². The lowest BCUT2D eigenvalue weighted by Gasteiger charge is -1.96. The third-order valence-electron chi connectivity index (χ3n) is 2.12. The van der Waals surface area contributed by atoms with Crippen LogP contribution >= 0.6 is 23.1 Å². The van der Waals surface area contributed by atoms with Gasteiger partial charge in [0.25, 0.3) is 5.56 Å². The fraction of sp³-hybridized carbons (Fsp3) is 0.231. The Morgan fingerprint density at radius 2 is 2.42 bits per heavy atom. The quantitative estimate of drug-likeness (QED) is 0.513. The highest BCUT2D eigenvalue weighted by Gasteiger charge is 2.01. The minimum absolute atomic E-state index is 0.0902. The Morgan fingerprint density at radius 1 is 1.53 bits per heavy atom. The van der Waals surface area contributed by atoms with Gasteiger partial charge in [0.1, 0.15) is 0 Å². The molecule has 0 fully saturated rings. The second-order valence-electron chi connectivity index (χ2n) is 3.60. The molecule has 0 spiro atoms. The van der Waals surface area contributed by atoms with Crippen molar-refractivity contribution < 1.29 is 5.11 Å². The Hall–Kier alpha value is -1.55. The summed E-state index contributed by atoms with van der Waals surface area (Å²) < 4.78 is 0. The van der Waals surface area contributed by atoms with Crippen molar-refractivity contribution in [3.8, 4) is 11.8 Å². The molecular weight excluding hydrogens is 280 g/mol. The maximum atomic E-state index is 11.1. The van der Waals surface area contributed by atoms with Gasteiger partial charge in [0, 0.05) is 40.3 Å². The third kappa shape index (κ3) is 4.56. The van der Waals surface area contributed by atoms with Gasteiger partial charge in [0.15, 0.2) is 5.16 Å². The zero-order valence-electron chi connectivity index (χ0n) is 10.0. The number of thiophene rings is 1. The van der Waals surface area contributed by atoms with E-state index in [4.69, 9.17) is 5.11 Å². The molecule has 0 aromatic carbocycles. The Morgan fingerprint density at radius 3 is 3.21 bits per heavy atom. The van der Waals surface area contributed by atoms with E-state index in [0.717, 1.165) is 11.3 Å². The van der Waals surface area contributed by atoms with Crippen molar-refractivity contribution in [1.29, 1.82) is 0 Å². The Balaban J connectivity index is 1.94. The average Bonchev–Trinajstić information content (AvgIpc) is 2.85. The molecule has 2 heterocycles. The van der Waals surface area contributed by atoms with Crippen molar-refractivity contribution >= 4 is 23.1 Å². The van der Waals surface area contributed by atoms with Gasteiger partial charge in [-0.25, -0.2) is 4.98 Å². The largest absolute Gasteiger partial charge is 0.395 e. The van der Waals surface area contributed by atoms with E-state index in [1.165, 1.54) is 28.9 Å². The first-order chi connectivity index (χ1) is 9.28. The van der Waals surface area contributed by atoms with Crippen LogP contribution in [0.4, 0.5) is 0 Å². The monoisotopic (exact) mass is 292 g/mol. The van der Waals surface area contributed by atoms with Crippen LogP contribution in [0.2, 0.25) is 0 Å². The number of aromatic nitrogens is 2. The highest BCUT2D eigenvalue weighted by Crippen LogP contribution is 2.23. The van der Waals surface area contributed by atoms with Crippen LogP contribution in [0.3, 0.4) is 0 Å². The second kappa shape index (κ2) is 7.14. The number of nitrogens with one attached hydrogen (secondary N) is 1. The first kappa shape index (κ1) is 13.9. The van der Waals surface area contributed by atoms with Gasteiger partial charge in [-0.2, -0.15) is 0 Å². The molecule has 0 amide bonds. The standard InChI is InChI=1S/C13H12N2O2S2/c16-6-2-1-3-10-7-11(18-8-10)9-19-13-14-5-4-12(17)15-13/h4-5,7-8,16H,2,6,9H2,(H,14,15,17). The molecule has 0 aliphatic heterocycles. The first-order valence-electron chi connectivity index (χ1n) is 5.63. The predicted molar refractivity (Wildman–Crippen MR) is 77.3 cm³/mol. The number of aliphatic hydroxyl groups is 1. The summed E-state index contributed by atoms with van der Waals surface area (Å²) in [4.78, 5) is 19.0. The fourth-order valence-electron chi connectivity index (χ4n) is 1.31. The van der Waals surface area contributed by atoms with Crippen molar-refractivity contribution in [2.45, 2.75) is 17.3 Å². The maximum Gasteiger partial charge on any atom is 0.251 e. The topological polar surface area (TPSA) is 66.0 Å². The van der Waals surface area contributed by atoms with Gasteiger partial charge in [0.05, 0.1) is 6.61 Å². The molecule has 0 unspecified atom stereocenters. The van der Waals surface area contributed by atoms with Crippen LogP contribution in [0.15, 0.2) is 33.7 Å². The van der Waals surface area contributed by atoms with E-state index in [1.54, 1.807) is 11.3 Å². The lowest BCUT2D eigenvalue weighted by atomic mass is 10.3. The molecule has 4 nitrogen and oxygen atoms in total. The van der Waals surface area contributed by atoms with E-state index in [0.29, 0.717) is 11.6 Å². The lowest BCUT2D eigenvalue weighted by Crippen LogP contribution is -2.05. The fourth-order valence-corrected chi connectivity index (χ4v) is 3.03. The second-order valence-corrected chi connectivity index (χ2v) is 5.56. The molecular formula is C13H12N2O2S2. The number of thioether (sulfide) groups is 1. The summed E-state index contributed by atoms with van der Waals surface area (Å²) in [5.74, 6) is 6.63. The molecule has 6 heteroatoms. The highest BCUT2D eigenvalue weighted by molar-refractivity contribution is 7.98. The van der Waals surface area contributed by atoms with Gasteiger partial charge in [0.2, 0.25) is 0 Å². The van der Waals surface area contributed by atoms with E-state index < -0.39 is 0 Å². The molecule has 19 heavy (non-hydrogen) atoms. The van der Waals surface area contributed by atoms with Crippen LogP contribution < -0.4 is 5.56 Å². The molecule has 98 valence electrons. The van der Waals surface area contributed by atoms with Crippen LogP contribution in [-0.4, -0.2) is 21.7 Å². The summed E-state index contributed by atoms with van der Waals surface area (Å²) in [6, 6.07) is 3.41. The molecule has 0 radical (unpaired) electrons. The van der Waals surface area contributed by atoms with E-state index in [9.17, 15) is 4.79 Å². The number of aromatic amines is 1. The maximum absolute atomic E-state index is 11.1. The minimum Gasteiger partial charge on any atom is -0.395 e.